The van der Waals surface area contributed by atoms with Crippen LogP contribution in [0.5, 0.6) is 0 Å². The molecule has 1 amide bonds. The number of piperidine rings is 1. The van der Waals surface area contributed by atoms with Crippen molar-refractivity contribution in [1.82, 2.24) is 10.2 Å². The lowest BCUT2D eigenvalue weighted by Crippen LogP contribution is -2.44. The maximum atomic E-state index is 11.6. The van der Waals surface area contributed by atoms with Gasteiger partial charge in [0.2, 0.25) is 0 Å². The van der Waals surface area contributed by atoms with Crippen molar-refractivity contribution in [1.29, 1.82) is 0 Å². The molecule has 5 heteroatoms. The van der Waals surface area contributed by atoms with Gasteiger partial charge >= 0.3 is 6.09 Å². The van der Waals surface area contributed by atoms with Crippen LogP contribution in [0.2, 0.25) is 0 Å². The zero-order chi connectivity index (χ0) is 14.4. The van der Waals surface area contributed by atoms with Gasteiger partial charge in [-0.25, -0.2) is 4.79 Å². The number of nitrogens with zero attached hydrogens (tertiary/aromatic N) is 1. The quantitative estimate of drug-likeness (QED) is 0.900. The van der Waals surface area contributed by atoms with Crippen LogP contribution in [-0.4, -0.2) is 36.7 Å². The summed E-state index contributed by atoms with van der Waals surface area (Å²) in [5, 5.41) is 3.49. The minimum Gasteiger partial charge on any atom is -0.465 e. The van der Waals surface area contributed by atoms with Gasteiger partial charge in [-0.15, -0.1) is 0 Å². The van der Waals surface area contributed by atoms with Crippen molar-refractivity contribution in [3.63, 3.8) is 0 Å². The van der Waals surface area contributed by atoms with E-state index in [1.165, 1.54) is 0 Å². The molecule has 2 heterocycles. The van der Waals surface area contributed by atoms with Crippen molar-refractivity contribution in [2.45, 2.75) is 45.7 Å². The number of hydrogen-bond acceptors (Lipinski definition) is 4. The van der Waals surface area contributed by atoms with E-state index in [4.69, 9.17) is 9.15 Å². The Balaban J connectivity index is 1.70. The number of likely N-dealkylation sites (tertiary alicyclic amines) is 1. The Kier molecular flexibility index (Phi) is 5.47. The molecule has 2 rings (SSSR count). The molecule has 1 N–H and O–H groups in total. The van der Waals surface area contributed by atoms with Crippen molar-refractivity contribution in [3.8, 4) is 0 Å². The third-order valence-corrected chi connectivity index (χ3v) is 3.65. The Morgan fingerprint density at radius 2 is 2.05 bits per heavy atom. The summed E-state index contributed by atoms with van der Waals surface area (Å²) >= 11 is 0. The van der Waals surface area contributed by atoms with Gasteiger partial charge in [-0.05, 0) is 31.9 Å². The number of ether oxygens (including phenoxy) is 1. The minimum absolute atomic E-state index is 0.190. The van der Waals surface area contributed by atoms with E-state index in [0.717, 1.165) is 50.4 Å². The van der Waals surface area contributed by atoms with Gasteiger partial charge in [0.1, 0.15) is 11.5 Å². The summed E-state index contributed by atoms with van der Waals surface area (Å²) in [6.07, 6.45) is 2.66. The highest BCUT2D eigenvalue weighted by Crippen LogP contribution is 2.13. The van der Waals surface area contributed by atoms with Crippen LogP contribution in [0.1, 0.15) is 38.2 Å². The lowest BCUT2D eigenvalue weighted by atomic mass is 10.1. The topological polar surface area (TPSA) is 54.7 Å². The molecular weight excluding hydrogens is 256 g/mol. The van der Waals surface area contributed by atoms with E-state index >= 15 is 0 Å². The molecule has 1 fully saturated rings. The summed E-state index contributed by atoms with van der Waals surface area (Å²) in [6, 6.07) is 4.50. The van der Waals surface area contributed by atoms with Gasteiger partial charge in [-0.1, -0.05) is 6.92 Å². The highest BCUT2D eigenvalue weighted by atomic mass is 16.6. The molecule has 0 saturated carbocycles. The number of furan rings is 1. The second-order valence-corrected chi connectivity index (χ2v) is 5.06. The van der Waals surface area contributed by atoms with Gasteiger partial charge in [0, 0.05) is 25.6 Å². The average molecular weight is 280 g/mol. The highest BCUT2D eigenvalue weighted by Gasteiger charge is 2.23. The predicted molar refractivity (Wildman–Crippen MR) is 76.5 cm³/mol. The van der Waals surface area contributed by atoms with Gasteiger partial charge in [0.05, 0.1) is 13.2 Å². The first-order valence-corrected chi connectivity index (χ1v) is 7.45. The Morgan fingerprint density at radius 1 is 1.35 bits per heavy atom. The first kappa shape index (κ1) is 14.9. The summed E-state index contributed by atoms with van der Waals surface area (Å²) in [7, 11) is 0. The van der Waals surface area contributed by atoms with E-state index in [2.05, 4.69) is 12.2 Å². The molecule has 0 aliphatic carbocycles. The number of carbonyl (C=O) groups excluding carboxylic acids is 1. The maximum Gasteiger partial charge on any atom is 0.409 e. The number of amides is 1. The average Bonchev–Trinajstić information content (AvgIpc) is 2.94. The van der Waals surface area contributed by atoms with E-state index < -0.39 is 0 Å². The lowest BCUT2D eigenvalue weighted by Gasteiger charge is -2.31. The summed E-state index contributed by atoms with van der Waals surface area (Å²) in [5.41, 5.74) is 0. The molecule has 1 aromatic heterocycles. The summed E-state index contributed by atoms with van der Waals surface area (Å²) < 4.78 is 10.7. The molecule has 0 aromatic carbocycles. The third-order valence-electron chi connectivity index (χ3n) is 3.65. The Morgan fingerprint density at radius 3 is 2.65 bits per heavy atom. The molecule has 0 atom stereocenters. The van der Waals surface area contributed by atoms with Crippen LogP contribution in [0.4, 0.5) is 4.79 Å². The van der Waals surface area contributed by atoms with Crippen molar-refractivity contribution in [2.24, 2.45) is 0 Å². The van der Waals surface area contributed by atoms with Gasteiger partial charge < -0.3 is 19.4 Å². The number of carbonyl (C=O) groups is 1. The number of aryl methyl sites for hydroxylation is 1. The fourth-order valence-corrected chi connectivity index (χ4v) is 2.43. The molecule has 20 heavy (non-hydrogen) atoms. The molecule has 1 aliphatic rings. The fraction of sp³-hybridized carbons (Fsp3) is 0.667. The van der Waals surface area contributed by atoms with E-state index in [1.54, 1.807) is 4.90 Å². The van der Waals surface area contributed by atoms with Crippen LogP contribution in [0.25, 0.3) is 0 Å². The molecule has 0 radical (unpaired) electrons. The van der Waals surface area contributed by atoms with Crippen LogP contribution in [0, 0.1) is 0 Å². The second kappa shape index (κ2) is 7.33. The van der Waals surface area contributed by atoms with E-state index in [0.29, 0.717) is 12.6 Å². The Hall–Kier alpha value is -1.49. The summed E-state index contributed by atoms with van der Waals surface area (Å²) in [4.78, 5) is 13.4. The standard InChI is InChI=1S/C15H24N2O3/c1-3-13-5-6-14(20-13)11-16-12-7-9-17(10-8-12)15(18)19-4-2/h5-6,12,16H,3-4,7-11H2,1-2H3. The Bertz CT molecular complexity index is 423. The maximum absolute atomic E-state index is 11.6. The molecule has 0 bridgehead atoms. The summed E-state index contributed by atoms with van der Waals surface area (Å²) in [6.45, 7) is 6.63. The highest BCUT2D eigenvalue weighted by molar-refractivity contribution is 5.67. The fourth-order valence-electron chi connectivity index (χ4n) is 2.43. The van der Waals surface area contributed by atoms with Crippen molar-refractivity contribution in [3.05, 3.63) is 23.7 Å². The number of hydrogen-bond donors (Lipinski definition) is 1. The van der Waals surface area contributed by atoms with Crippen LogP contribution >= 0.6 is 0 Å². The molecule has 0 unspecified atom stereocenters. The lowest BCUT2D eigenvalue weighted by molar-refractivity contribution is 0.0948. The zero-order valence-electron chi connectivity index (χ0n) is 12.4. The molecule has 5 nitrogen and oxygen atoms in total. The molecule has 112 valence electrons. The first-order valence-electron chi connectivity index (χ1n) is 7.45. The van der Waals surface area contributed by atoms with Gasteiger partial charge in [0.15, 0.2) is 0 Å². The molecule has 1 aliphatic heterocycles. The molecule has 1 aromatic rings. The third kappa shape index (κ3) is 4.00. The Labute approximate surface area is 120 Å². The SMILES string of the molecule is CCOC(=O)N1CCC(NCc2ccc(CC)o2)CC1. The van der Waals surface area contributed by atoms with Gasteiger partial charge in [0.25, 0.3) is 0 Å². The monoisotopic (exact) mass is 280 g/mol. The van der Waals surface area contributed by atoms with E-state index in [9.17, 15) is 4.79 Å². The van der Waals surface area contributed by atoms with E-state index in [-0.39, 0.29) is 6.09 Å². The molecule has 0 spiro atoms. The molecule has 1 saturated heterocycles. The normalized spacial score (nSPS) is 16.4. The second-order valence-electron chi connectivity index (χ2n) is 5.06. The largest absolute Gasteiger partial charge is 0.465 e. The van der Waals surface area contributed by atoms with Crippen LogP contribution in [0.3, 0.4) is 0 Å². The van der Waals surface area contributed by atoms with Crippen molar-refractivity contribution in [2.75, 3.05) is 19.7 Å². The predicted octanol–water partition coefficient (Wildman–Crippen LogP) is 2.55. The summed E-state index contributed by atoms with van der Waals surface area (Å²) in [5.74, 6) is 2.01. The van der Waals surface area contributed by atoms with Gasteiger partial charge in [-0.2, -0.15) is 0 Å². The van der Waals surface area contributed by atoms with Crippen molar-refractivity contribution >= 4 is 6.09 Å². The first-order chi connectivity index (χ1) is 9.72. The smallest absolute Gasteiger partial charge is 0.409 e. The van der Waals surface area contributed by atoms with Crippen LogP contribution < -0.4 is 5.32 Å². The zero-order valence-corrected chi connectivity index (χ0v) is 12.4. The minimum atomic E-state index is -0.190. The van der Waals surface area contributed by atoms with Crippen LogP contribution in [-0.2, 0) is 17.7 Å². The van der Waals surface area contributed by atoms with Crippen molar-refractivity contribution < 1.29 is 13.9 Å². The van der Waals surface area contributed by atoms with E-state index in [1.807, 2.05) is 19.1 Å². The number of nitrogens with one attached hydrogen (secondary N) is 1. The number of rotatable bonds is 5. The van der Waals surface area contributed by atoms with Crippen LogP contribution in [0.15, 0.2) is 16.5 Å². The molecular formula is C15H24N2O3. The van der Waals surface area contributed by atoms with Gasteiger partial charge in [-0.3, -0.25) is 0 Å².